The molecular formula is C60H39N5. The quantitative estimate of drug-likeness (QED) is 0.161. The number of rotatable bonds is 7. The Balaban J connectivity index is 1.00. The van der Waals surface area contributed by atoms with Gasteiger partial charge < -0.3 is 9.13 Å². The summed E-state index contributed by atoms with van der Waals surface area (Å²) in [6.45, 7) is 0. The summed E-state index contributed by atoms with van der Waals surface area (Å²) in [6, 6.07) is 84.4. The van der Waals surface area contributed by atoms with Crippen molar-refractivity contribution in [1.29, 1.82) is 0 Å². The molecule has 0 spiro atoms. The number of imidazole rings is 1. The fraction of sp³-hybridized carbons (Fsp3) is 0. The van der Waals surface area contributed by atoms with Gasteiger partial charge in [-0.1, -0.05) is 127 Å². The minimum absolute atomic E-state index is 0.872. The molecule has 65 heavy (non-hydrogen) atoms. The van der Waals surface area contributed by atoms with Crippen molar-refractivity contribution in [1.82, 2.24) is 23.7 Å². The first-order chi connectivity index (χ1) is 32.2. The van der Waals surface area contributed by atoms with E-state index in [0.717, 1.165) is 73.1 Å². The third-order valence-electron chi connectivity index (χ3n) is 12.8. The molecule has 4 heterocycles. The Morgan fingerprint density at radius 1 is 0.246 bits per heavy atom. The SMILES string of the molecule is c1ccc(-n2c(-c3cc(-c4ccc5c(c4)c4ccccc4n5-c4ccccc4)cc(-c4cccc(-c5cccc(-n6c7ccccc7c7ccccc76)c5)n4)c3)nc3ccccc32)cc1. The molecule has 0 fully saturated rings. The predicted octanol–water partition coefficient (Wildman–Crippen LogP) is 15.3. The Morgan fingerprint density at radius 3 is 1.43 bits per heavy atom. The molecule has 304 valence electrons. The summed E-state index contributed by atoms with van der Waals surface area (Å²) in [4.78, 5) is 10.8. The van der Waals surface area contributed by atoms with E-state index in [9.17, 15) is 0 Å². The third-order valence-corrected chi connectivity index (χ3v) is 12.8. The van der Waals surface area contributed by atoms with Gasteiger partial charge >= 0.3 is 0 Å². The molecular weight excluding hydrogens is 791 g/mol. The van der Waals surface area contributed by atoms with Crippen molar-refractivity contribution in [3.63, 3.8) is 0 Å². The highest BCUT2D eigenvalue weighted by Gasteiger charge is 2.19. The smallest absolute Gasteiger partial charge is 0.145 e. The van der Waals surface area contributed by atoms with E-state index in [-0.39, 0.29) is 0 Å². The highest BCUT2D eigenvalue weighted by molar-refractivity contribution is 6.11. The second-order valence-corrected chi connectivity index (χ2v) is 16.6. The molecule has 0 atom stereocenters. The first-order valence-electron chi connectivity index (χ1n) is 22.1. The third kappa shape index (κ3) is 6.09. The van der Waals surface area contributed by atoms with Gasteiger partial charge in [-0.3, -0.25) is 4.57 Å². The van der Waals surface area contributed by atoms with Crippen LogP contribution in [0.25, 0.3) is 117 Å². The van der Waals surface area contributed by atoms with Crippen LogP contribution in [0.1, 0.15) is 0 Å². The van der Waals surface area contributed by atoms with E-state index < -0.39 is 0 Å². The second kappa shape index (κ2) is 14.9. The number of hydrogen-bond acceptors (Lipinski definition) is 2. The van der Waals surface area contributed by atoms with Crippen LogP contribution in [-0.4, -0.2) is 23.7 Å². The summed E-state index contributed by atoms with van der Waals surface area (Å²) in [7, 11) is 0. The number of aromatic nitrogens is 5. The summed E-state index contributed by atoms with van der Waals surface area (Å²) in [5, 5.41) is 4.90. The first kappa shape index (κ1) is 36.8. The molecule has 0 bridgehead atoms. The van der Waals surface area contributed by atoms with Gasteiger partial charge in [-0.05, 0) is 120 Å². The predicted molar refractivity (Wildman–Crippen MR) is 269 cm³/mol. The van der Waals surface area contributed by atoms with Gasteiger partial charge in [-0.25, -0.2) is 9.97 Å². The van der Waals surface area contributed by atoms with Gasteiger partial charge in [0.05, 0.1) is 44.5 Å². The fourth-order valence-corrected chi connectivity index (χ4v) is 9.90. The summed E-state index contributed by atoms with van der Waals surface area (Å²) in [5.41, 5.74) is 17.1. The Labute approximate surface area is 375 Å². The van der Waals surface area contributed by atoms with E-state index in [2.05, 4.69) is 250 Å². The van der Waals surface area contributed by atoms with Crippen molar-refractivity contribution < 1.29 is 0 Å². The maximum absolute atomic E-state index is 5.44. The Hall–Kier alpha value is -8.80. The van der Waals surface area contributed by atoms with Crippen molar-refractivity contribution >= 4 is 54.6 Å². The minimum Gasteiger partial charge on any atom is -0.309 e. The fourth-order valence-electron chi connectivity index (χ4n) is 9.90. The molecule has 13 aromatic rings. The number of fused-ring (bicyclic) bond motifs is 7. The average Bonchev–Trinajstić information content (AvgIpc) is 4.05. The molecule has 0 amide bonds. The van der Waals surface area contributed by atoms with Gasteiger partial charge in [0, 0.05) is 55.3 Å². The van der Waals surface area contributed by atoms with Gasteiger partial charge in [0.25, 0.3) is 0 Å². The van der Waals surface area contributed by atoms with E-state index in [1.807, 2.05) is 0 Å². The molecule has 0 aliphatic carbocycles. The van der Waals surface area contributed by atoms with Crippen molar-refractivity contribution in [3.05, 3.63) is 237 Å². The monoisotopic (exact) mass is 829 g/mol. The molecule has 0 N–H and O–H groups in total. The van der Waals surface area contributed by atoms with Gasteiger partial charge in [0.2, 0.25) is 0 Å². The normalized spacial score (nSPS) is 11.7. The Bertz CT molecular complexity index is 3890. The average molecular weight is 830 g/mol. The van der Waals surface area contributed by atoms with Crippen LogP contribution in [0, 0.1) is 0 Å². The molecule has 0 aliphatic rings. The molecule has 0 radical (unpaired) electrons. The van der Waals surface area contributed by atoms with Crippen LogP contribution in [0.5, 0.6) is 0 Å². The second-order valence-electron chi connectivity index (χ2n) is 16.6. The summed E-state index contributed by atoms with van der Waals surface area (Å²) in [6.07, 6.45) is 0. The molecule has 0 unspecified atom stereocenters. The molecule has 5 nitrogen and oxygen atoms in total. The van der Waals surface area contributed by atoms with Crippen LogP contribution in [0.4, 0.5) is 0 Å². The lowest BCUT2D eigenvalue weighted by Crippen LogP contribution is -1.98. The largest absolute Gasteiger partial charge is 0.309 e. The zero-order chi connectivity index (χ0) is 42.8. The van der Waals surface area contributed by atoms with Gasteiger partial charge in [0.15, 0.2) is 0 Å². The highest BCUT2D eigenvalue weighted by Crippen LogP contribution is 2.40. The first-order valence-corrected chi connectivity index (χ1v) is 22.1. The van der Waals surface area contributed by atoms with Crippen LogP contribution < -0.4 is 0 Å². The summed E-state index contributed by atoms with van der Waals surface area (Å²) < 4.78 is 7.00. The molecule has 4 aromatic heterocycles. The molecule has 0 saturated heterocycles. The van der Waals surface area contributed by atoms with Gasteiger partial charge in [-0.15, -0.1) is 0 Å². The standard InChI is InChI=1S/C60H39N5/c1-3-18-45(19-4-1)63-57-31-13-9-25-50(57)51-39-40(33-34-58(51)63)42-35-43(37-44(36-42)60-62-54-26-10-14-32-59(54)65(60)46-20-5-2-6-21-46)53-28-16-27-52(61-53)41-17-15-22-47(38-41)64-55-29-11-7-23-48(55)49-24-8-12-30-56(49)64/h1-39H. The number of hydrogen-bond donors (Lipinski definition) is 0. The number of pyridine rings is 1. The van der Waals surface area contributed by atoms with E-state index in [1.54, 1.807) is 0 Å². The van der Waals surface area contributed by atoms with Crippen molar-refractivity contribution in [2.45, 2.75) is 0 Å². The molecule has 13 rings (SSSR count). The zero-order valence-corrected chi connectivity index (χ0v) is 35.3. The highest BCUT2D eigenvalue weighted by atomic mass is 15.1. The number of benzene rings is 9. The van der Waals surface area contributed by atoms with Gasteiger partial charge in [-0.2, -0.15) is 0 Å². The van der Waals surface area contributed by atoms with Crippen molar-refractivity contribution in [3.8, 4) is 62.1 Å². The maximum atomic E-state index is 5.44. The van der Waals surface area contributed by atoms with E-state index in [4.69, 9.17) is 9.97 Å². The van der Waals surface area contributed by atoms with E-state index in [1.165, 1.54) is 43.6 Å². The van der Waals surface area contributed by atoms with Crippen molar-refractivity contribution in [2.75, 3.05) is 0 Å². The van der Waals surface area contributed by atoms with Gasteiger partial charge in [0.1, 0.15) is 5.82 Å². The summed E-state index contributed by atoms with van der Waals surface area (Å²) in [5.74, 6) is 0.872. The van der Waals surface area contributed by atoms with Crippen LogP contribution in [0.15, 0.2) is 237 Å². The molecule has 9 aromatic carbocycles. The lowest BCUT2D eigenvalue weighted by Gasteiger charge is -2.14. The van der Waals surface area contributed by atoms with Crippen LogP contribution in [-0.2, 0) is 0 Å². The van der Waals surface area contributed by atoms with Crippen LogP contribution >= 0.6 is 0 Å². The Kier molecular flexibility index (Phi) is 8.46. The van der Waals surface area contributed by atoms with E-state index >= 15 is 0 Å². The maximum Gasteiger partial charge on any atom is 0.145 e. The molecule has 0 saturated carbocycles. The zero-order valence-electron chi connectivity index (χ0n) is 35.3. The van der Waals surface area contributed by atoms with Crippen molar-refractivity contribution in [2.24, 2.45) is 0 Å². The molecule has 5 heteroatoms. The lowest BCUT2D eigenvalue weighted by molar-refractivity contribution is 1.10. The van der Waals surface area contributed by atoms with Crippen LogP contribution in [0.2, 0.25) is 0 Å². The summed E-state index contributed by atoms with van der Waals surface area (Å²) >= 11 is 0. The topological polar surface area (TPSA) is 40.6 Å². The Morgan fingerprint density at radius 2 is 0.738 bits per heavy atom. The van der Waals surface area contributed by atoms with E-state index in [0.29, 0.717) is 0 Å². The number of nitrogens with zero attached hydrogens (tertiary/aromatic N) is 5. The van der Waals surface area contributed by atoms with Crippen LogP contribution in [0.3, 0.4) is 0 Å². The number of para-hydroxylation sites is 7. The lowest BCUT2D eigenvalue weighted by atomic mass is 9.96. The minimum atomic E-state index is 0.872. The molecule has 0 aliphatic heterocycles.